The van der Waals surface area contributed by atoms with E-state index in [0.29, 0.717) is 0 Å². The molecule has 0 aromatic rings. The Morgan fingerprint density at radius 1 is 0.321 bits per heavy atom. The first-order valence-corrected chi connectivity index (χ1v) is 14.1. The molecule has 0 saturated heterocycles. The predicted molar refractivity (Wildman–Crippen MR) is 137 cm³/mol. The molecule has 0 aromatic heterocycles. The van der Waals surface area contributed by atoms with E-state index in [-0.39, 0.29) is 7.43 Å². The zero-order valence-corrected chi connectivity index (χ0v) is 20.6. The van der Waals surface area contributed by atoms with E-state index in [9.17, 15) is 0 Å². The average molecular weight is 462 g/mol. The van der Waals surface area contributed by atoms with Gasteiger partial charge in [0.2, 0.25) is 0 Å². The quantitative estimate of drug-likeness (QED) is 0.0990. The minimum atomic E-state index is 0. The van der Waals surface area contributed by atoms with Crippen molar-refractivity contribution in [2.45, 2.75) is 168 Å². The van der Waals surface area contributed by atoms with Gasteiger partial charge in [-0.25, -0.2) is 0 Å². The Hall–Kier alpha value is 0.480. The first kappa shape index (κ1) is 30.7. The first-order valence-electron chi connectivity index (χ1n) is 13.0. The highest BCUT2D eigenvalue weighted by molar-refractivity contribution is 9.09. The van der Waals surface area contributed by atoms with Crippen molar-refractivity contribution in [2.24, 2.45) is 0 Å². The molecule has 28 heavy (non-hydrogen) atoms. The van der Waals surface area contributed by atoms with Gasteiger partial charge in [-0.15, -0.1) is 0 Å². The molecule has 0 N–H and O–H groups in total. The molecule has 0 aliphatic heterocycles. The second-order valence-corrected chi connectivity index (χ2v) is 9.61. The highest BCUT2D eigenvalue weighted by atomic mass is 79.9. The summed E-state index contributed by atoms with van der Waals surface area (Å²) in [7, 11) is 0. The van der Waals surface area contributed by atoms with E-state index < -0.39 is 0 Å². The van der Waals surface area contributed by atoms with E-state index in [2.05, 4.69) is 22.9 Å². The molecule has 0 aliphatic rings. The lowest BCUT2D eigenvalue weighted by Gasteiger charge is -2.04. The van der Waals surface area contributed by atoms with E-state index in [1.54, 1.807) is 0 Å². The number of hydrogen-bond donors (Lipinski definition) is 0. The molecular weight excluding hydrogens is 404 g/mol. The number of rotatable bonds is 24. The molecule has 0 unspecified atom stereocenters. The Morgan fingerprint density at radius 3 is 0.679 bits per heavy atom. The van der Waals surface area contributed by atoms with Gasteiger partial charge in [-0.05, 0) is 6.42 Å². The molecule has 0 saturated carbocycles. The van der Waals surface area contributed by atoms with Gasteiger partial charge in [0.05, 0.1) is 0 Å². The molecule has 0 radical (unpaired) electrons. The number of unbranched alkanes of at least 4 members (excludes halogenated alkanes) is 23. The Kier molecular flexibility index (Phi) is 32.5. The minimum Gasteiger partial charge on any atom is -0.0928 e. The summed E-state index contributed by atoms with van der Waals surface area (Å²) in [6.07, 6.45) is 35.3. The van der Waals surface area contributed by atoms with Crippen molar-refractivity contribution in [3.63, 3.8) is 0 Å². The standard InChI is InChI=1S/C26H53Br.CH4/c1-2-3-4-5-6-7-8-9-10-11-12-13-14-15-16-17-18-19-20-21-22-23-24-25-26-27;/h2-26H2,1H3;1H4. The Balaban J connectivity index is 0. The van der Waals surface area contributed by atoms with Gasteiger partial charge in [0.1, 0.15) is 0 Å². The van der Waals surface area contributed by atoms with Crippen molar-refractivity contribution >= 4 is 15.9 Å². The van der Waals surface area contributed by atoms with Crippen molar-refractivity contribution in [2.75, 3.05) is 5.33 Å². The first-order chi connectivity index (χ1) is 13.4. The van der Waals surface area contributed by atoms with Crippen LogP contribution < -0.4 is 0 Å². The predicted octanol–water partition coefficient (Wildman–Crippen LogP) is 11.4. The van der Waals surface area contributed by atoms with Crippen molar-refractivity contribution in [1.29, 1.82) is 0 Å². The Bertz CT molecular complexity index is 214. The number of alkyl halides is 1. The van der Waals surface area contributed by atoms with Gasteiger partial charge in [-0.2, -0.15) is 0 Å². The van der Waals surface area contributed by atoms with E-state index in [1.807, 2.05) is 0 Å². The van der Waals surface area contributed by atoms with Crippen LogP contribution >= 0.6 is 15.9 Å². The summed E-state index contributed by atoms with van der Waals surface area (Å²) in [6.45, 7) is 2.30. The summed E-state index contributed by atoms with van der Waals surface area (Å²) in [4.78, 5) is 0. The number of halogens is 1. The van der Waals surface area contributed by atoms with Crippen LogP contribution in [-0.4, -0.2) is 5.33 Å². The molecule has 0 aliphatic carbocycles. The summed E-state index contributed by atoms with van der Waals surface area (Å²) in [5.41, 5.74) is 0. The minimum absolute atomic E-state index is 0. The molecule has 1 heteroatoms. The van der Waals surface area contributed by atoms with E-state index >= 15 is 0 Å². The third-order valence-electron chi connectivity index (χ3n) is 5.99. The monoisotopic (exact) mass is 460 g/mol. The second kappa shape index (κ2) is 29.7. The number of hydrogen-bond acceptors (Lipinski definition) is 0. The van der Waals surface area contributed by atoms with Crippen molar-refractivity contribution in [1.82, 2.24) is 0 Å². The Labute approximate surface area is 189 Å². The highest BCUT2D eigenvalue weighted by Crippen LogP contribution is 2.15. The lowest BCUT2D eigenvalue weighted by Crippen LogP contribution is -1.84. The third kappa shape index (κ3) is 28.7. The summed E-state index contributed by atoms with van der Waals surface area (Å²) in [5, 5.41) is 1.19. The van der Waals surface area contributed by atoms with E-state index in [1.165, 1.54) is 159 Å². The van der Waals surface area contributed by atoms with Gasteiger partial charge >= 0.3 is 0 Å². The van der Waals surface area contributed by atoms with Crippen LogP contribution in [0.2, 0.25) is 0 Å². The van der Waals surface area contributed by atoms with Crippen LogP contribution in [0, 0.1) is 0 Å². The topological polar surface area (TPSA) is 0 Å². The van der Waals surface area contributed by atoms with Crippen molar-refractivity contribution < 1.29 is 0 Å². The fourth-order valence-electron chi connectivity index (χ4n) is 4.06. The average Bonchev–Trinajstić information content (AvgIpc) is 2.68. The lowest BCUT2D eigenvalue weighted by atomic mass is 10.0. The summed E-state index contributed by atoms with van der Waals surface area (Å²) in [5.74, 6) is 0. The maximum absolute atomic E-state index is 3.51. The lowest BCUT2D eigenvalue weighted by molar-refractivity contribution is 0.518. The zero-order chi connectivity index (χ0) is 19.7. The molecular formula is C27H57Br. The van der Waals surface area contributed by atoms with Crippen LogP contribution in [0.3, 0.4) is 0 Å². The van der Waals surface area contributed by atoms with Crippen LogP contribution in [0.15, 0.2) is 0 Å². The molecule has 0 aromatic carbocycles. The zero-order valence-electron chi connectivity index (χ0n) is 19.1. The third-order valence-corrected chi connectivity index (χ3v) is 6.55. The van der Waals surface area contributed by atoms with Gasteiger partial charge in [0.15, 0.2) is 0 Å². The Morgan fingerprint density at radius 2 is 0.500 bits per heavy atom. The fraction of sp³-hybridized carbons (Fsp3) is 1.00. The molecule has 0 rings (SSSR count). The molecule has 172 valence electrons. The molecule has 0 amide bonds. The van der Waals surface area contributed by atoms with Gasteiger partial charge in [-0.3, -0.25) is 0 Å². The van der Waals surface area contributed by atoms with Crippen LogP contribution in [0.25, 0.3) is 0 Å². The summed E-state index contributed by atoms with van der Waals surface area (Å²) in [6, 6.07) is 0. The molecule has 0 nitrogen and oxygen atoms in total. The molecule has 0 bridgehead atoms. The van der Waals surface area contributed by atoms with Gasteiger partial charge in [-0.1, -0.05) is 178 Å². The van der Waals surface area contributed by atoms with Crippen LogP contribution in [0.4, 0.5) is 0 Å². The summed E-state index contributed by atoms with van der Waals surface area (Å²) < 4.78 is 0. The molecule has 0 fully saturated rings. The largest absolute Gasteiger partial charge is 0.0928 e. The molecule has 0 spiro atoms. The van der Waals surface area contributed by atoms with Crippen molar-refractivity contribution in [3.8, 4) is 0 Å². The molecule has 0 atom stereocenters. The van der Waals surface area contributed by atoms with Gasteiger partial charge in [0.25, 0.3) is 0 Å². The van der Waals surface area contributed by atoms with Gasteiger partial charge < -0.3 is 0 Å². The van der Waals surface area contributed by atoms with E-state index in [4.69, 9.17) is 0 Å². The van der Waals surface area contributed by atoms with Crippen LogP contribution in [-0.2, 0) is 0 Å². The fourth-order valence-corrected chi connectivity index (χ4v) is 4.45. The van der Waals surface area contributed by atoms with Crippen LogP contribution in [0.1, 0.15) is 168 Å². The normalized spacial score (nSPS) is 10.9. The van der Waals surface area contributed by atoms with E-state index in [0.717, 1.165) is 0 Å². The van der Waals surface area contributed by atoms with Crippen molar-refractivity contribution in [3.05, 3.63) is 0 Å². The van der Waals surface area contributed by atoms with Crippen LogP contribution in [0.5, 0.6) is 0 Å². The maximum Gasteiger partial charge on any atom is 0.00313 e. The summed E-state index contributed by atoms with van der Waals surface area (Å²) >= 11 is 3.51. The SMILES string of the molecule is C.CCCCCCCCCCCCCCCCCCCCCCCCCCBr. The smallest absolute Gasteiger partial charge is 0.00313 e. The second-order valence-electron chi connectivity index (χ2n) is 8.82. The maximum atomic E-state index is 3.51. The highest BCUT2D eigenvalue weighted by Gasteiger charge is 1.95. The molecule has 0 heterocycles. The van der Waals surface area contributed by atoms with Gasteiger partial charge in [0, 0.05) is 5.33 Å².